The molecule has 0 saturated heterocycles. The Morgan fingerprint density at radius 2 is 1.85 bits per heavy atom. The minimum absolute atomic E-state index is 0.253. The Morgan fingerprint density at radius 1 is 1.08 bits per heavy atom. The predicted octanol–water partition coefficient (Wildman–Crippen LogP) is 3.09. The molecule has 1 aromatic carbocycles. The van der Waals surface area contributed by atoms with Gasteiger partial charge in [0.2, 0.25) is 0 Å². The summed E-state index contributed by atoms with van der Waals surface area (Å²) in [5.41, 5.74) is 5.06. The summed E-state index contributed by atoms with van der Waals surface area (Å²) in [4.78, 5) is 17.2. The second-order valence-electron chi connectivity index (χ2n) is 6.14. The van der Waals surface area contributed by atoms with E-state index in [-0.39, 0.29) is 5.91 Å². The van der Waals surface area contributed by atoms with Gasteiger partial charge in [0.25, 0.3) is 5.91 Å². The van der Waals surface area contributed by atoms with Crippen LogP contribution in [0.25, 0.3) is 11.3 Å². The lowest BCUT2D eigenvalue weighted by molar-refractivity contribution is 0.102. The number of carbonyl (C=O) groups excluding carboxylic acids is 1. The number of carbonyl (C=O) groups is 1. The topological polar surface area (TPSA) is 77.1 Å². The molecule has 0 atom stereocenters. The van der Waals surface area contributed by atoms with Crippen LogP contribution >= 0.6 is 0 Å². The van der Waals surface area contributed by atoms with Crippen LogP contribution in [-0.2, 0) is 0 Å². The average Bonchev–Trinajstić information content (AvgIpc) is 3.18. The summed E-state index contributed by atoms with van der Waals surface area (Å²) in [5, 5.41) is 11.7. The molecular formula is C19H18N6O. The van der Waals surface area contributed by atoms with Crippen molar-refractivity contribution in [3.05, 3.63) is 71.4 Å². The van der Waals surface area contributed by atoms with Gasteiger partial charge in [0.1, 0.15) is 5.56 Å². The number of para-hydroxylation sites is 1. The molecule has 4 aromatic rings. The number of anilines is 1. The van der Waals surface area contributed by atoms with Gasteiger partial charge in [-0.1, -0.05) is 18.2 Å². The molecule has 130 valence electrons. The molecule has 4 rings (SSSR count). The molecule has 0 aliphatic rings. The highest BCUT2D eigenvalue weighted by molar-refractivity contribution is 6.08. The largest absolute Gasteiger partial charge is 0.319 e. The fourth-order valence-corrected chi connectivity index (χ4v) is 2.94. The zero-order valence-electron chi connectivity index (χ0n) is 14.8. The first-order chi connectivity index (χ1) is 12.5. The van der Waals surface area contributed by atoms with Crippen LogP contribution < -0.4 is 5.32 Å². The molecule has 0 aliphatic heterocycles. The van der Waals surface area contributed by atoms with Crippen molar-refractivity contribution in [2.45, 2.75) is 20.8 Å². The molecule has 0 unspecified atom stereocenters. The van der Waals surface area contributed by atoms with Gasteiger partial charge >= 0.3 is 0 Å². The Kier molecular flexibility index (Phi) is 3.76. The van der Waals surface area contributed by atoms with Crippen LogP contribution in [0, 0.1) is 20.8 Å². The highest BCUT2D eigenvalue weighted by Crippen LogP contribution is 2.23. The maximum absolute atomic E-state index is 12.8. The number of nitrogens with one attached hydrogen (secondary N) is 1. The molecule has 3 aromatic heterocycles. The number of aryl methyl sites for hydroxylation is 2. The van der Waals surface area contributed by atoms with Gasteiger partial charge in [-0.15, -0.1) is 0 Å². The number of hydrogen-bond donors (Lipinski definition) is 1. The highest BCUT2D eigenvalue weighted by Gasteiger charge is 2.19. The van der Waals surface area contributed by atoms with Gasteiger partial charge in [-0.3, -0.25) is 4.79 Å². The van der Waals surface area contributed by atoms with Gasteiger partial charge < -0.3 is 5.32 Å². The highest BCUT2D eigenvalue weighted by atomic mass is 16.1. The van der Waals surface area contributed by atoms with E-state index in [9.17, 15) is 4.79 Å². The van der Waals surface area contributed by atoms with E-state index in [0.29, 0.717) is 16.9 Å². The number of fused-ring (bicyclic) bond motifs is 1. The Labute approximate surface area is 150 Å². The summed E-state index contributed by atoms with van der Waals surface area (Å²) in [6.45, 7) is 5.69. The van der Waals surface area contributed by atoms with Gasteiger partial charge in [-0.2, -0.15) is 10.2 Å². The lowest BCUT2D eigenvalue weighted by Gasteiger charge is -2.06. The first kappa shape index (κ1) is 16.0. The summed E-state index contributed by atoms with van der Waals surface area (Å²) < 4.78 is 3.42. The van der Waals surface area contributed by atoms with E-state index >= 15 is 0 Å². The van der Waals surface area contributed by atoms with Crippen LogP contribution in [0.5, 0.6) is 0 Å². The maximum Gasteiger partial charge on any atom is 0.261 e. The van der Waals surface area contributed by atoms with Gasteiger partial charge in [0.05, 0.1) is 29.0 Å². The van der Waals surface area contributed by atoms with E-state index in [1.807, 2.05) is 61.9 Å². The number of benzene rings is 1. The van der Waals surface area contributed by atoms with Crippen LogP contribution in [0.4, 0.5) is 5.69 Å². The van der Waals surface area contributed by atoms with Crippen LogP contribution in [-0.4, -0.2) is 30.3 Å². The van der Waals surface area contributed by atoms with Crippen LogP contribution in [0.2, 0.25) is 0 Å². The standard InChI is InChI=1S/C19H18N6O/c1-12-9-10-24-18(21-12)16(11-20-24)19(26)22-17-13(2)23-25(14(17)3)15-7-5-4-6-8-15/h4-11H,1-3H3,(H,22,26). The molecule has 7 heteroatoms. The molecule has 3 heterocycles. The fourth-order valence-electron chi connectivity index (χ4n) is 2.94. The van der Waals surface area contributed by atoms with Crippen molar-refractivity contribution in [1.29, 1.82) is 0 Å². The van der Waals surface area contributed by atoms with E-state index < -0.39 is 0 Å². The van der Waals surface area contributed by atoms with Crippen molar-refractivity contribution in [3.63, 3.8) is 0 Å². The third kappa shape index (κ3) is 2.63. The van der Waals surface area contributed by atoms with Gasteiger partial charge in [-0.25, -0.2) is 14.2 Å². The quantitative estimate of drug-likeness (QED) is 0.618. The Hall–Kier alpha value is -3.48. The van der Waals surface area contributed by atoms with E-state index in [1.165, 1.54) is 6.20 Å². The zero-order valence-corrected chi connectivity index (χ0v) is 14.8. The third-order valence-corrected chi connectivity index (χ3v) is 4.28. The summed E-state index contributed by atoms with van der Waals surface area (Å²) in [7, 11) is 0. The molecule has 0 saturated carbocycles. The number of amides is 1. The summed E-state index contributed by atoms with van der Waals surface area (Å²) in [6, 6.07) is 11.7. The first-order valence-corrected chi connectivity index (χ1v) is 8.28. The van der Waals surface area contributed by atoms with Crippen molar-refractivity contribution in [2.75, 3.05) is 5.32 Å². The Morgan fingerprint density at radius 3 is 2.62 bits per heavy atom. The Bertz CT molecular complexity index is 1110. The van der Waals surface area contributed by atoms with Crippen molar-refractivity contribution >= 4 is 17.2 Å². The molecule has 1 amide bonds. The van der Waals surface area contributed by atoms with Crippen LogP contribution in [0.1, 0.15) is 27.4 Å². The van der Waals surface area contributed by atoms with Crippen molar-refractivity contribution < 1.29 is 4.79 Å². The lowest BCUT2D eigenvalue weighted by atomic mass is 10.2. The smallest absolute Gasteiger partial charge is 0.261 e. The molecule has 7 nitrogen and oxygen atoms in total. The van der Waals surface area contributed by atoms with Gasteiger partial charge in [-0.05, 0) is 39.0 Å². The lowest BCUT2D eigenvalue weighted by Crippen LogP contribution is -2.13. The minimum atomic E-state index is -0.253. The number of rotatable bonds is 3. The Balaban J connectivity index is 1.70. The summed E-state index contributed by atoms with van der Waals surface area (Å²) in [5.74, 6) is -0.253. The van der Waals surface area contributed by atoms with Crippen molar-refractivity contribution in [2.24, 2.45) is 0 Å². The van der Waals surface area contributed by atoms with Crippen molar-refractivity contribution in [3.8, 4) is 5.69 Å². The monoisotopic (exact) mass is 346 g/mol. The number of nitrogens with zero attached hydrogens (tertiary/aromatic N) is 5. The predicted molar refractivity (Wildman–Crippen MR) is 98.7 cm³/mol. The minimum Gasteiger partial charge on any atom is -0.319 e. The van der Waals surface area contributed by atoms with Gasteiger partial charge in [0, 0.05) is 11.9 Å². The summed E-state index contributed by atoms with van der Waals surface area (Å²) >= 11 is 0. The van der Waals surface area contributed by atoms with Crippen molar-refractivity contribution in [1.82, 2.24) is 24.4 Å². The molecule has 0 spiro atoms. The van der Waals surface area contributed by atoms with E-state index in [2.05, 4.69) is 20.5 Å². The first-order valence-electron chi connectivity index (χ1n) is 8.28. The molecule has 0 bridgehead atoms. The third-order valence-electron chi connectivity index (χ3n) is 4.28. The fraction of sp³-hybridized carbons (Fsp3) is 0.158. The number of hydrogen-bond acceptors (Lipinski definition) is 4. The van der Waals surface area contributed by atoms with Crippen LogP contribution in [0.3, 0.4) is 0 Å². The molecule has 0 radical (unpaired) electrons. The molecule has 1 N–H and O–H groups in total. The SMILES string of the molecule is Cc1ccn2ncc(C(=O)Nc3c(C)nn(-c4ccccc4)c3C)c2n1. The van der Waals surface area contributed by atoms with E-state index in [4.69, 9.17) is 0 Å². The molecular weight excluding hydrogens is 328 g/mol. The van der Waals surface area contributed by atoms with Gasteiger partial charge in [0.15, 0.2) is 5.65 Å². The molecule has 0 aliphatic carbocycles. The summed E-state index contributed by atoms with van der Waals surface area (Å²) in [6.07, 6.45) is 3.32. The van der Waals surface area contributed by atoms with E-state index in [1.54, 1.807) is 10.7 Å². The molecule has 26 heavy (non-hydrogen) atoms. The van der Waals surface area contributed by atoms with Crippen LogP contribution in [0.15, 0.2) is 48.8 Å². The maximum atomic E-state index is 12.8. The van der Waals surface area contributed by atoms with E-state index in [0.717, 1.165) is 22.8 Å². The average molecular weight is 346 g/mol. The second-order valence-corrected chi connectivity index (χ2v) is 6.14. The zero-order chi connectivity index (χ0) is 18.3. The number of aromatic nitrogens is 5. The molecule has 0 fully saturated rings. The second kappa shape index (κ2) is 6.11. The normalized spacial score (nSPS) is 11.0.